The van der Waals surface area contributed by atoms with Crippen molar-refractivity contribution in [2.75, 3.05) is 26.8 Å². The fourth-order valence-electron chi connectivity index (χ4n) is 2.02. The molecule has 0 aliphatic carbocycles. The van der Waals surface area contributed by atoms with E-state index < -0.39 is 0 Å². The number of nitrogens with one attached hydrogen (secondary N) is 1. The molecule has 1 atom stereocenters. The Balaban J connectivity index is 2.56. The molecule has 0 spiro atoms. The molecule has 0 aromatic heterocycles. The molecule has 72 valence electrons. The van der Waals surface area contributed by atoms with Crippen molar-refractivity contribution < 1.29 is 4.74 Å². The highest BCUT2D eigenvalue weighted by atomic mass is 16.5. The van der Waals surface area contributed by atoms with Gasteiger partial charge in [-0.25, -0.2) is 0 Å². The molecule has 0 saturated carbocycles. The van der Waals surface area contributed by atoms with E-state index in [-0.39, 0.29) is 0 Å². The van der Waals surface area contributed by atoms with E-state index in [1.807, 2.05) is 7.05 Å². The van der Waals surface area contributed by atoms with Gasteiger partial charge in [0.05, 0.1) is 6.61 Å². The van der Waals surface area contributed by atoms with E-state index in [2.05, 4.69) is 19.2 Å². The van der Waals surface area contributed by atoms with Crippen molar-refractivity contribution in [3.8, 4) is 0 Å². The topological polar surface area (TPSA) is 21.3 Å². The Labute approximate surface area is 75.7 Å². The molecule has 1 aliphatic heterocycles. The Bertz CT molecular complexity index is 122. The molecule has 2 nitrogen and oxygen atoms in total. The van der Waals surface area contributed by atoms with Crippen molar-refractivity contribution in [3.05, 3.63) is 0 Å². The van der Waals surface area contributed by atoms with Crippen LogP contribution in [-0.4, -0.2) is 26.8 Å². The lowest BCUT2D eigenvalue weighted by atomic mass is 9.73. The number of hydrogen-bond acceptors (Lipinski definition) is 2. The summed E-state index contributed by atoms with van der Waals surface area (Å²) in [6.45, 7) is 7.58. The van der Waals surface area contributed by atoms with E-state index in [4.69, 9.17) is 4.74 Å². The maximum atomic E-state index is 5.56. The normalized spacial score (nSPS) is 31.0. The average molecular weight is 171 g/mol. The summed E-state index contributed by atoms with van der Waals surface area (Å²) in [7, 11) is 2.03. The van der Waals surface area contributed by atoms with E-state index in [1.54, 1.807) is 0 Å². The molecule has 1 unspecified atom stereocenters. The van der Waals surface area contributed by atoms with Crippen molar-refractivity contribution in [1.82, 2.24) is 5.32 Å². The maximum absolute atomic E-state index is 5.56. The Hall–Kier alpha value is -0.0800. The predicted octanol–water partition coefficient (Wildman–Crippen LogP) is 1.66. The summed E-state index contributed by atoms with van der Waals surface area (Å²) >= 11 is 0. The number of rotatable bonds is 3. The Kier molecular flexibility index (Phi) is 3.53. The van der Waals surface area contributed by atoms with Gasteiger partial charge in [0, 0.05) is 18.6 Å². The van der Waals surface area contributed by atoms with Gasteiger partial charge in [0.25, 0.3) is 0 Å². The van der Waals surface area contributed by atoms with Crippen LogP contribution in [0.25, 0.3) is 0 Å². The minimum absolute atomic E-state index is 0.396. The van der Waals surface area contributed by atoms with Gasteiger partial charge in [-0.15, -0.1) is 0 Å². The summed E-state index contributed by atoms with van der Waals surface area (Å²) in [5.41, 5.74) is 0.396. The second kappa shape index (κ2) is 4.24. The van der Waals surface area contributed by atoms with Gasteiger partial charge in [-0.1, -0.05) is 13.8 Å². The van der Waals surface area contributed by atoms with E-state index in [1.165, 1.54) is 12.8 Å². The molecule has 1 saturated heterocycles. The molecule has 0 radical (unpaired) electrons. The Morgan fingerprint density at radius 3 is 2.67 bits per heavy atom. The van der Waals surface area contributed by atoms with Crippen molar-refractivity contribution in [2.24, 2.45) is 11.3 Å². The molecule has 1 rings (SSSR count). The van der Waals surface area contributed by atoms with Gasteiger partial charge >= 0.3 is 0 Å². The molecule has 1 N–H and O–H groups in total. The highest BCUT2D eigenvalue weighted by molar-refractivity contribution is 4.86. The summed E-state index contributed by atoms with van der Waals surface area (Å²) < 4.78 is 5.56. The van der Waals surface area contributed by atoms with Crippen LogP contribution < -0.4 is 5.32 Å². The minimum atomic E-state index is 0.396. The lowest BCUT2D eigenvalue weighted by Crippen LogP contribution is -2.43. The second-order valence-corrected chi connectivity index (χ2v) is 4.20. The molecule has 0 aromatic rings. The van der Waals surface area contributed by atoms with Gasteiger partial charge in [-0.2, -0.15) is 0 Å². The summed E-state index contributed by atoms with van der Waals surface area (Å²) in [4.78, 5) is 0. The van der Waals surface area contributed by atoms with Gasteiger partial charge in [-0.3, -0.25) is 0 Å². The van der Waals surface area contributed by atoms with E-state index in [0.29, 0.717) is 11.3 Å². The summed E-state index contributed by atoms with van der Waals surface area (Å²) in [6.07, 6.45) is 2.53. The van der Waals surface area contributed by atoms with Gasteiger partial charge in [0.15, 0.2) is 0 Å². The van der Waals surface area contributed by atoms with Gasteiger partial charge in [0.2, 0.25) is 0 Å². The third-order valence-corrected chi connectivity index (χ3v) is 3.11. The summed E-state index contributed by atoms with van der Waals surface area (Å²) in [6, 6.07) is 0. The predicted molar refractivity (Wildman–Crippen MR) is 51.3 cm³/mol. The monoisotopic (exact) mass is 171 g/mol. The standard InChI is InChI=1S/C10H21NO/c1-9(2)10(7-11-3)5-4-6-12-8-10/h9,11H,4-8H2,1-3H3. The van der Waals surface area contributed by atoms with E-state index in [9.17, 15) is 0 Å². The van der Waals surface area contributed by atoms with Crippen LogP contribution in [-0.2, 0) is 4.74 Å². The first-order valence-corrected chi connectivity index (χ1v) is 4.93. The van der Waals surface area contributed by atoms with Crippen LogP contribution in [0.3, 0.4) is 0 Å². The smallest absolute Gasteiger partial charge is 0.0537 e. The molecule has 0 bridgehead atoms. The lowest BCUT2D eigenvalue weighted by molar-refractivity contribution is -0.0323. The summed E-state index contributed by atoms with van der Waals surface area (Å²) in [5, 5.41) is 3.28. The molecule has 1 aliphatic rings. The van der Waals surface area contributed by atoms with Crippen LogP contribution in [0.5, 0.6) is 0 Å². The SMILES string of the molecule is CNCC1(C(C)C)CCCOC1. The minimum Gasteiger partial charge on any atom is -0.381 e. The van der Waals surface area contributed by atoms with Gasteiger partial charge in [-0.05, 0) is 25.8 Å². The van der Waals surface area contributed by atoms with E-state index >= 15 is 0 Å². The molecule has 0 aromatic carbocycles. The zero-order valence-electron chi connectivity index (χ0n) is 8.52. The van der Waals surface area contributed by atoms with Crippen LogP contribution in [0.2, 0.25) is 0 Å². The molecular formula is C10H21NO. The fourth-order valence-corrected chi connectivity index (χ4v) is 2.02. The van der Waals surface area contributed by atoms with Crippen molar-refractivity contribution in [2.45, 2.75) is 26.7 Å². The van der Waals surface area contributed by atoms with Crippen LogP contribution in [0.1, 0.15) is 26.7 Å². The van der Waals surface area contributed by atoms with Gasteiger partial charge in [0.1, 0.15) is 0 Å². The van der Waals surface area contributed by atoms with Crippen molar-refractivity contribution in [3.63, 3.8) is 0 Å². The third-order valence-electron chi connectivity index (χ3n) is 3.11. The van der Waals surface area contributed by atoms with Crippen LogP contribution >= 0.6 is 0 Å². The first kappa shape index (κ1) is 10.0. The molecule has 0 amide bonds. The largest absolute Gasteiger partial charge is 0.381 e. The average Bonchev–Trinajstić information content (AvgIpc) is 2.06. The van der Waals surface area contributed by atoms with Crippen LogP contribution in [0.4, 0.5) is 0 Å². The lowest BCUT2D eigenvalue weighted by Gasteiger charge is -2.40. The third kappa shape index (κ3) is 1.99. The van der Waals surface area contributed by atoms with Crippen molar-refractivity contribution in [1.29, 1.82) is 0 Å². The molecular weight excluding hydrogens is 150 g/mol. The fraction of sp³-hybridized carbons (Fsp3) is 1.00. The van der Waals surface area contributed by atoms with Crippen molar-refractivity contribution >= 4 is 0 Å². The first-order valence-electron chi connectivity index (χ1n) is 4.93. The second-order valence-electron chi connectivity index (χ2n) is 4.20. The molecule has 2 heteroatoms. The number of hydrogen-bond donors (Lipinski definition) is 1. The highest BCUT2D eigenvalue weighted by Crippen LogP contribution is 2.35. The van der Waals surface area contributed by atoms with E-state index in [0.717, 1.165) is 19.8 Å². The zero-order valence-corrected chi connectivity index (χ0v) is 8.52. The summed E-state index contributed by atoms with van der Waals surface area (Å²) in [5.74, 6) is 0.713. The molecule has 1 fully saturated rings. The van der Waals surface area contributed by atoms with Crippen LogP contribution in [0, 0.1) is 11.3 Å². The zero-order chi connectivity index (χ0) is 9.03. The number of ether oxygens (including phenoxy) is 1. The quantitative estimate of drug-likeness (QED) is 0.697. The van der Waals surface area contributed by atoms with Crippen LogP contribution in [0.15, 0.2) is 0 Å². The van der Waals surface area contributed by atoms with Gasteiger partial charge < -0.3 is 10.1 Å². The molecule has 12 heavy (non-hydrogen) atoms. The molecule has 1 heterocycles. The Morgan fingerprint density at radius 2 is 2.25 bits per heavy atom. The highest BCUT2D eigenvalue weighted by Gasteiger charge is 2.35. The Morgan fingerprint density at radius 1 is 1.50 bits per heavy atom. The maximum Gasteiger partial charge on any atom is 0.0537 e. The first-order chi connectivity index (χ1) is 5.71.